The van der Waals surface area contributed by atoms with Crippen LogP contribution in [0.1, 0.15) is 39.5 Å². The highest BCUT2D eigenvalue weighted by molar-refractivity contribution is 5.80. The van der Waals surface area contributed by atoms with Crippen molar-refractivity contribution in [3.63, 3.8) is 0 Å². The van der Waals surface area contributed by atoms with Crippen LogP contribution in [-0.2, 0) is 9.47 Å². The maximum absolute atomic E-state index is 5.71. The average Bonchev–Trinajstić information content (AvgIpc) is 3.11. The second-order valence-corrected chi connectivity index (χ2v) is 7.14. The van der Waals surface area contributed by atoms with Crippen LogP contribution in [0.5, 0.6) is 0 Å². The van der Waals surface area contributed by atoms with E-state index in [4.69, 9.17) is 14.5 Å². The van der Waals surface area contributed by atoms with Crippen molar-refractivity contribution in [3.05, 3.63) is 0 Å². The molecule has 0 aliphatic carbocycles. The number of hydrogen-bond donors (Lipinski definition) is 1. The highest BCUT2D eigenvalue weighted by atomic mass is 16.5. The number of guanidine groups is 1. The zero-order chi connectivity index (χ0) is 17.9. The summed E-state index contributed by atoms with van der Waals surface area (Å²) >= 11 is 0. The third-order valence-electron chi connectivity index (χ3n) is 5.31. The minimum absolute atomic E-state index is 0.600. The normalized spacial score (nSPS) is 25.6. The summed E-state index contributed by atoms with van der Waals surface area (Å²) in [4.78, 5) is 9.99. The maximum atomic E-state index is 5.71. The average molecular weight is 355 g/mol. The number of likely N-dealkylation sites (tertiary alicyclic amines) is 2. The summed E-state index contributed by atoms with van der Waals surface area (Å²) in [5, 5.41) is 3.49. The lowest BCUT2D eigenvalue weighted by atomic mass is 10.0. The van der Waals surface area contributed by atoms with Gasteiger partial charge in [-0.05, 0) is 39.3 Å². The summed E-state index contributed by atoms with van der Waals surface area (Å²) in [6.45, 7) is 12.9. The van der Waals surface area contributed by atoms with Crippen molar-refractivity contribution in [2.45, 2.75) is 45.6 Å². The molecule has 0 aromatic heterocycles. The molecule has 0 saturated carbocycles. The number of nitrogens with zero attached hydrogens (tertiary/aromatic N) is 3. The molecular formula is C19H38N4O2. The summed E-state index contributed by atoms with van der Waals surface area (Å²) in [6.07, 6.45) is 5.15. The van der Waals surface area contributed by atoms with Gasteiger partial charge in [0.25, 0.3) is 0 Å². The molecule has 0 radical (unpaired) electrons. The Morgan fingerprint density at radius 2 is 2.04 bits per heavy atom. The van der Waals surface area contributed by atoms with E-state index in [0.29, 0.717) is 25.2 Å². The summed E-state index contributed by atoms with van der Waals surface area (Å²) < 4.78 is 10.7. The number of rotatable bonds is 9. The van der Waals surface area contributed by atoms with Gasteiger partial charge < -0.3 is 19.7 Å². The molecule has 2 saturated heterocycles. The molecule has 0 aromatic carbocycles. The van der Waals surface area contributed by atoms with Crippen LogP contribution in [0.25, 0.3) is 0 Å². The molecule has 2 heterocycles. The van der Waals surface area contributed by atoms with Crippen LogP contribution in [-0.4, -0.2) is 88.0 Å². The molecule has 0 bridgehead atoms. The lowest BCUT2D eigenvalue weighted by Crippen LogP contribution is -2.44. The standard InChI is InChI=1S/C19H38N4O2/c1-4-20-19(21-14-18-8-6-7-10-22(18)5-2)23-11-9-17(15-23)16-25-13-12-24-3/h17-18H,4-16H2,1-3H3,(H,20,21). The van der Waals surface area contributed by atoms with Gasteiger partial charge in [-0.3, -0.25) is 9.89 Å². The summed E-state index contributed by atoms with van der Waals surface area (Å²) in [6, 6.07) is 0.614. The van der Waals surface area contributed by atoms with E-state index < -0.39 is 0 Å². The Bertz CT molecular complexity index is 392. The van der Waals surface area contributed by atoms with Gasteiger partial charge in [0.1, 0.15) is 0 Å². The predicted molar refractivity (Wildman–Crippen MR) is 103 cm³/mol. The first kappa shape index (κ1) is 20.5. The Balaban J connectivity index is 1.82. The molecule has 2 rings (SSSR count). The van der Waals surface area contributed by atoms with Crippen LogP contribution in [0.15, 0.2) is 4.99 Å². The minimum Gasteiger partial charge on any atom is -0.382 e. The highest BCUT2D eigenvalue weighted by Gasteiger charge is 2.26. The van der Waals surface area contributed by atoms with E-state index in [1.165, 1.54) is 32.2 Å². The molecule has 2 unspecified atom stereocenters. The molecule has 6 heteroatoms. The molecule has 6 nitrogen and oxygen atoms in total. The zero-order valence-electron chi connectivity index (χ0n) is 16.5. The minimum atomic E-state index is 0.600. The van der Waals surface area contributed by atoms with E-state index in [9.17, 15) is 0 Å². The molecule has 0 amide bonds. The first-order chi connectivity index (χ1) is 12.3. The molecule has 0 spiro atoms. The van der Waals surface area contributed by atoms with Crippen LogP contribution >= 0.6 is 0 Å². The first-order valence-electron chi connectivity index (χ1n) is 10.1. The number of piperidine rings is 1. The van der Waals surface area contributed by atoms with Crippen molar-refractivity contribution in [2.75, 3.05) is 66.2 Å². The molecule has 25 heavy (non-hydrogen) atoms. The number of methoxy groups -OCH3 is 1. The van der Waals surface area contributed by atoms with Crippen LogP contribution in [0, 0.1) is 5.92 Å². The van der Waals surface area contributed by atoms with Crippen LogP contribution in [0.3, 0.4) is 0 Å². The van der Waals surface area contributed by atoms with Gasteiger partial charge in [-0.25, -0.2) is 0 Å². The quantitative estimate of drug-likeness (QED) is 0.389. The monoisotopic (exact) mass is 354 g/mol. The number of nitrogens with one attached hydrogen (secondary N) is 1. The van der Waals surface area contributed by atoms with Crippen molar-refractivity contribution < 1.29 is 9.47 Å². The number of hydrogen-bond acceptors (Lipinski definition) is 4. The molecule has 0 aromatic rings. The maximum Gasteiger partial charge on any atom is 0.193 e. The van der Waals surface area contributed by atoms with Gasteiger partial charge >= 0.3 is 0 Å². The van der Waals surface area contributed by atoms with Crippen molar-refractivity contribution in [2.24, 2.45) is 10.9 Å². The van der Waals surface area contributed by atoms with Crippen LogP contribution < -0.4 is 5.32 Å². The fourth-order valence-electron chi connectivity index (χ4n) is 3.85. The third-order valence-corrected chi connectivity index (χ3v) is 5.31. The third kappa shape index (κ3) is 6.76. The van der Waals surface area contributed by atoms with E-state index in [1.807, 2.05) is 0 Å². The van der Waals surface area contributed by atoms with E-state index >= 15 is 0 Å². The lowest BCUT2D eigenvalue weighted by molar-refractivity contribution is 0.0536. The van der Waals surface area contributed by atoms with Crippen LogP contribution in [0.4, 0.5) is 0 Å². The summed E-state index contributed by atoms with van der Waals surface area (Å²) in [5.74, 6) is 1.69. The van der Waals surface area contributed by atoms with Gasteiger partial charge in [0.2, 0.25) is 0 Å². The van der Waals surface area contributed by atoms with Crippen molar-refractivity contribution >= 4 is 5.96 Å². The van der Waals surface area contributed by atoms with Gasteiger partial charge in [-0.15, -0.1) is 0 Å². The second-order valence-electron chi connectivity index (χ2n) is 7.14. The first-order valence-corrected chi connectivity index (χ1v) is 10.1. The fraction of sp³-hybridized carbons (Fsp3) is 0.947. The van der Waals surface area contributed by atoms with Crippen molar-refractivity contribution in [3.8, 4) is 0 Å². The Morgan fingerprint density at radius 1 is 1.16 bits per heavy atom. The van der Waals surface area contributed by atoms with Gasteiger partial charge in [-0.1, -0.05) is 13.3 Å². The fourth-order valence-corrected chi connectivity index (χ4v) is 3.85. The van der Waals surface area contributed by atoms with Gasteiger partial charge in [-0.2, -0.15) is 0 Å². The van der Waals surface area contributed by atoms with E-state index in [-0.39, 0.29) is 0 Å². The smallest absolute Gasteiger partial charge is 0.193 e. The largest absolute Gasteiger partial charge is 0.382 e. The lowest BCUT2D eigenvalue weighted by Gasteiger charge is -2.34. The van der Waals surface area contributed by atoms with Crippen LogP contribution in [0.2, 0.25) is 0 Å². The molecule has 146 valence electrons. The number of ether oxygens (including phenoxy) is 2. The summed E-state index contributed by atoms with van der Waals surface area (Å²) in [7, 11) is 1.71. The van der Waals surface area contributed by atoms with Crippen molar-refractivity contribution in [1.29, 1.82) is 0 Å². The van der Waals surface area contributed by atoms with E-state index in [0.717, 1.165) is 45.3 Å². The van der Waals surface area contributed by atoms with Gasteiger partial charge in [0.05, 0.1) is 26.4 Å². The zero-order valence-corrected chi connectivity index (χ0v) is 16.5. The number of likely N-dealkylation sites (N-methyl/N-ethyl adjacent to an activating group) is 1. The number of aliphatic imine (C=N–C) groups is 1. The molecule has 1 N–H and O–H groups in total. The molecule has 2 aliphatic rings. The van der Waals surface area contributed by atoms with E-state index in [1.54, 1.807) is 7.11 Å². The molecule has 2 aliphatic heterocycles. The Labute approximate surface area is 153 Å². The van der Waals surface area contributed by atoms with E-state index in [2.05, 4.69) is 29.0 Å². The Hall–Kier alpha value is -0.850. The summed E-state index contributed by atoms with van der Waals surface area (Å²) in [5.41, 5.74) is 0. The predicted octanol–water partition coefficient (Wildman–Crippen LogP) is 1.81. The topological polar surface area (TPSA) is 49.3 Å². The molecule has 2 atom stereocenters. The van der Waals surface area contributed by atoms with Gasteiger partial charge in [0.15, 0.2) is 5.96 Å². The molecule has 2 fully saturated rings. The van der Waals surface area contributed by atoms with Crippen molar-refractivity contribution in [1.82, 2.24) is 15.1 Å². The SMILES string of the molecule is CCNC(=NCC1CCCCN1CC)N1CCC(COCCOC)C1. The Morgan fingerprint density at radius 3 is 2.80 bits per heavy atom. The Kier molecular flexibility index (Phi) is 9.58. The highest BCUT2D eigenvalue weighted by Crippen LogP contribution is 2.19. The van der Waals surface area contributed by atoms with Gasteiger partial charge in [0, 0.05) is 38.7 Å². The molecular weight excluding hydrogens is 316 g/mol. The second kappa shape index (κ2) is 11.7.